The maximum absolute atomic E-state index is 12.1. The second kappa shape index (κ2) is 8.63. The Bertz CT molecular complexity index is 295. The number of carbonyl (C=O) groups excluding carboxylic acids is 1. The van der Waals surface area contributed by atoms with Crippen molar-refractivity contribution in [3.05, 3.63) is 0 Å². The van der Waals surface area contributed by atoms with Gasteiger partial charge in [0.25, 0.3) is 0 Å². The molecule has 0 amide bonds. The van der Waals surface area contributed by atoms with Crippen LogP contribution in [0.25, 0.3) is 0 Å². The molecule has 0 radical (unpaired) electrons. The largest absolute Gasteiger partial charge is 0.465 e. The fourth-order valence-corrected chi connectivity index (χ4v) is 3.00. The molecule has 4 heteroatoms. The van der Waals surface area contributed by atoms with Gasteiger partial charge in [-0.3, -0.25) is 0 Å². The van der Waals surface area contributed by atoms with Crippen molar-refractivity contribution in [3.63, 3.8) is 0 Å². The molecule has 20 heavy (non-hydrogen) atoms. The summed E-state index contributed by atoms with van der Waals surface area (Å²) in [5.41, 5.74) is -0.736. The van der Waals surface area contributed by atoms with Crippen LogP contribution in [0.3, 0.4) is 0 Å². The maximum atomic E-state index is 12.1. The van der Waals surface area contributed by atoms with E-state index >= 15 is 0 Å². The van der Waals surface area contributed by atoms with Crippen LogP contribution in [-0.4, -0.2) is 37.4 Å². The fraction of sp³-hybridized carbons (Fsp3) is 0.938. The van der Waals surface area contributed by atoms with Gasteiger partial charge in [-0.05, 0) is 39.2 Å². The van der Waals surface area contributed by atoms with Gasteiger partial charge in [0.2, 0.25) is 0 Å². The lowest BCUT2D eigenvalue weighted by atomic mass is 9.84. The highest BCUT2D eigenvalue weighted by Crippen LogP contribution is 2.29. The zero-order chi connectivity index (χ0) is 15.0. The van der Waals surface area contributed by atoms with E-state index in [0.29, 0.717) is 25.2 Å². The summed E-state index contributed by atoms with van der Waals surface area (Å²) in [6.07, 6.45) is 6.35. The van der Waals surface area contributed by atoms with Crippen LogP contribution in [0.2, 0.25) is 0 Å². The monoisotopic (exact) mass is 285 g/mol. The SMILES string of the molecule is CCNC(C)(COC1CCCCC1CC)C(=O)OCC. The third-order valence-corrected chi connectivity index (χ3v) is 4.24. The Morgan fingerprint density at radius 2 is 1.95 bits per heavy atom. The van der Waals surface area contributed by atoms with Gasteiger partial charge in [0.1, 0.15) is 5.54 Å². The molecule has 0 aromatic heterocycles. The molecule has 0 aromatic carbocycles. The second-order valence-corrected chi connectivity index (χ2v) is 5.89. The minimum absolute atomic E-state index is 0.217. The molecule has 0 aliphatic heterocycles. The number of ether oxygens (including phenoxy) is 2. The van der Waals surface area contributed by atoms with Gasteiger partial charge >= 0.3 is 5.97 Å². The smallest absolute Gasteiger partial charge is 0.328 e. The molecule has 1 N–H and O–H groups in total. The molecule has 1 aliphatic carbocycles. The average molecular weight is 285 g/mol. The van der Waals surface area contributed by atoms with Crippen molar-refractivity contribution in [2.24, 2.45) is 5.92 Å². The average Bonchev–Trinajstić information content (AvgIpc) is 2.46. The van der Waals surface area contributed by atoms with Crippen LogP contribution in [0, 0.1) is 5.92 Å². The first-order chi connectivity index (χ1) is 9.57. The van der Waals surface area contributed by atoms with Crippen molar-refractivity contribution < 1.29 is 14.3 Å². The van der Waals surface area contributed by atoms with Crippen LogP contribution in [0.15, 0.2) is 0 Å². The van der Waals surface area contributed by atoms with Gasteiger partial charge in [-0.2, -0.15) is 0 Å². The van der Waals surface area contributed by atoms with E-state index in [9.17, 15) is 4.79 Å². The van der Waals surface area contributed by atoms with Gasteiger partial charge in [-0.15, -0.1) is 0 Å². The maximum Gasteiger partial charge on any atom is 0.328 e. The van der Waals surface area contributed by atoms with E-state index in [1.807, 2.05) is 20.8 Å². The lowest BCUT2D eigenvalue weighted by Gasteiger charge is -2.35. The Morgan fingerprint density at radius 1 is 1.25 bits per heavy atom. The Hall–Kier alpha value is -0.610. The molecular weight excluding hydrogens is 254 g/mol. The Labute approximate surface area is 123 Å². The molecule has 0 heterocycles. The highest BCUT2D eigenvalue weighted by Gasteiger charge is 2.36. The lowest BCUT2D eigenvalue weighted by molar-refractivity contribution is -0.155. The molecule has 0 bridgehead atoms. The number of carbonyl (C=O) groups is 1. The summed E-state index contributed by atoms with van der Waals surface area (Å²) in [4.78, 5) is 12.1. The van der Waals surface area contributed by atoms with Gasteiger partial charge in [0.05, 0.1) is 19.3 Å². The summed E-state index contributed by atoms with van der Waals surface area (Å²) in [7, 11) is 0. The van der Waals surface area contributed by atoms with E-state index in [2.05, 4.69) is 12.2 Å². The van der Waals surface area contributed by atoms with E-state index < -0.39 is 5.54 Å². The Kier molecular flexibility index (Phi) is 7.52. The number of hydrogen-bond acceptors (Lipinski definition) is 4. The van der Waals surface area contributed by atoms with Gasteiger partial charge in [-0.25, -0.2) is 4.79 Å². The number of likely N-dealkylation sites (N-methyl/N-ethyl adjacent to an activating group) is 1. The zero-order valence-corrected chi connectivity index (χ0v) is 13.5. The predicted molar refractivity (Wildman–Crippen MR) is 80.7 cm³/mol. The number of nitrogens with one attached hydrogen (secondary N) is 1. The molecule has 0 spiro atoms. The summed E-state index contributed by atoms with van der Waals surface area (Å²) in [6.45, 7) is 9.44. The summed E-state index contributed by atoms with van der Waals surface area (Å²) < 4.78 is 11.3. The standard InChI is InChI=1S/C16H31NO3/c1-5-13-10-8-9-11-14(13)20-12-16(4,17-6-2)15(18)19-7-3/h13-14,17H,5-12H2,1-4H3. The molecule has 1 aliphatic rings. The normalized spacial score (nSPS) is 26.0. The second-order valence-electron chi connectivity index (χ2n) is 5.89. The molecule has 0 saturated heterocycles. The third kappa shape index (κ3) is 4.74. The summed E-state index contributed by atoms with van der Waals surface area (Å²) >= 11 is 0. The van der Waals surface area contributed by atoms with Crippen molar-refractivity contribution in [1.29, 1.82) is 0 Å². The van der Waals surface area contributed by atoms with E-state index in [-0.39, 0.29) is 5.97 Å². The first kappa shape index (κ1) is 17.4. The first-order valence-electron chi connectivity index (χ1n) is 8.11. The van der Waals surface area contributed by atoms with Crippen LogP contribution >= 0.6 is 0 Å². The topological polar surface area (TPSA) is 47.6 Å². The minimum Gasteiger partial charge on any atom is -0.465 e. The van der Waals surface area contributed by atoms with Gasteiger partial charge in [0.15, 0.2) is 0 Å². The van der Waals surface area contributed by atoms with Crippen LogP contribution < -0.4 is 5.32 Å². The Morgan fingerprint density at radius 3 is 2.55 bits per heavy atom. The quantitative estimate of drug-likeness (QED) is 0.697. The first-order valence-corrected chi connectivity index (χ1v) is 8.11. The van der Waals surface area contributed by atoms with Gasteiger partial charge in [-0.1, -0.05) is 33.1 Å². The van der Waals surface area contributed by atoms with Crippen LogP contribution in [-0.2, 0) is 14.3 Å². The van der Waals surface area contributed by atoms with Crippen LogP contribution in [0.5, 0.6) is 0 Å². The number of hydrogen-bond donors (Lipinski definition) is 1. The van der Waals surface area contributed by atoms with Crippen LogP contribution in [0.4, 0.5) is 0 Å². The predicted octanol–water partition coefficient (Wildman–Crippen LogP) is 2.90. The van der Waals surface area contributed by atoms with Crippen molar-refractivity contribution >= 4 is 5.97 Å². The molecule has 3 unspecified atom stereocenters. The molecule has 1 rings (SSSR count). The summed E-state index contributed by atoms with van der Waals surface area (Å²) in [5.74, 6) is 0.419. The number of esters is 1. The molecule has 1 fully saturated rings. The van der Waals surface area contributed by atoms with E-state index in [4.69, 9.17) is 9.47 Å². The lowest BCUT2D eigenvalue weighted by Crippen LogP contribution is -2.54. The fourth-order valence-electron chi connectivity index (χ4n) is 3.00. The minimum atomic E-state index is -0.736. The highest BCUT2D eigenvalue weighted by molar-refractivity contribution is 5.80. The summed E-state index contributed by atoms with van der Waals surface area (Å²) in [5, 5.41) is 3.22. The molecule has 0 aromatic rings. The number of rotatable bonds is 8. The van der Waals surface area contributed by atoms with Gasteiger partial charge < -0.3 is 14.8 Å². The summed E-state index contributed by atoms with van der Waals surface area (Å²) in [6, 6.07) is 0. The molecule has 4 nitrogen and oxygen atoms in total. The van der Waals surface area contributed by atoms with Crippen molar-refractivity contribution in [2.45, 2.75) is 71.4 Å². The van der Waals surface area contributed by atoms with Crippen LogP contribution in [0.1, 0.15) is 59.8 Å². The third-order valence-electron chi connectivity index (χ3n) is 4.24. The molecule has 1 saturated carbocycles. The van der Waals surface area contributed by atoms with Crippen molar-refractivity contribution in [3.8, 4) is 0 Å². The van der Waals surface area contributed by atoms with E-state index in [0.717, 1.165) is 19.4 Å². The van der Waals surface area contributed by atoms with Crippen molar-refractivity contribution in [1.82, 2.24) is 5.32 Å². The highest BCUT2D eigenvalue weighted by atomic mass is 16.5. The molecule has 3 atom stereocenters. The Balaban J connectivity index is 2.58. The van der Waals surface area contributed by atoms with Gasteiger partial charge in [0, 0.05) is 0 Å². The zero-order valence-electron chi connectivity index (χ0n) is 13.5. The van der Waals surface area contributed by atoms with Crippen molar-refractivity contribution in [2.75, 3.05) is 19.8 Å². The molecule has 118 valence electrons. The molecular formula is C16H31NO3. The van der Waals surface area contributed by atoms with E-state index in [1.54, 1.807) is 0 Å². The van der Waals surface area contributed by atoms with E-state index in [1.165, 1.54) is 19.3 Å².